The SMILES string of the molecule is O=c1cccc2ncn(Cc3cc(Cl)ccc3Cl)cc1-2. The number of fused-ring (bicyclic) bond motifs is 1. The van der Waals surface area contributed by atoms with E-state index in [0.29, 0.717) is 27.8 Å². The van der Waals surface area contributed by atoms with E-state index < -0.39 is 0 Å². The summed E-state index contributed by atoms with van der Waals surface area (Å²) in [5, 5.41) is 1.26. The van der Waals surface area contributed by atoms with Crippen molar-refractivity contribution in [3.05, 3.63) is 74.8 Å². The van der Waals surface area contributed by atoms with Crippen molar-refractivity contribution in [3.8, 4) is 11.3 Å². The third kappa shape index (κ3) is 2.55. The van der Waals surface area contributed by atoms with Gasteiger partial charge in [0.15, 0.2) is 5.43 Å². The van der Waals surface area contributed by atoms with Gasteiger partial charge in [-0.05, 0) is 35.9 Å². The summed E-state index contributed by atoms with van der Waals surface area (Å²) in [6.45, 7) is 0.511. The van der Waals surface area contributed by atoms with Crippen LogP contribution in [0.4, 0.5) is 0 Å². The number of benzene rings is 2. The Hall–Kier alpha value is -1.84. The quantitative estimate of drug-likeness (QED) is 0.723. The third-order valence-corrected chi connectivity index (χ3v) is 3.65. The van der Waals surface area contributed by atoms with Crippen molar-refractivity contribution in [1.82, 2.24) is 9.55 Å². The number of halogens is 2. The summed E-state index contributed by atoms with van der Waals surface area (Å²) < 4.78 is 1.82. The van der Waals surface area contributed by atoms with Gasteiger partial charge in [0.05, 0.1) is 17.6 Å². The average molecular weight is 305 g/mol. The minimum Gasteiger partial charge on any atom is -0.334 e. The lowest BCUT2D eigenvalue weighted by molar-refractivity contribution is 0.767. The van der Waals surface area contributed by atoms with Gasteiger partial charge in [-0.3, -0.25) is 4.79 Å². The van der Waals surface area contributed by atoms with E-state index in [9.17, 15) is 4.79 Å². The van der Waals surface area contributed by atoms with Crippen LogP contribution in [0.2, 0.25) is 10.0 Å². The van der Waals surface area contributed by atoms with Crippen molar-refractivity contribution in [2.75, 3.05) is 0 Å². The number of nitrogens with zero attached hydrogens (tertiary/aromatic N) is 2. The summed E-state index contributed by atoms with van der Waals surface area (Å²) in [4.78, 5) is 16.1. The van der Waals surface area contributed by atoms with Crippen LogP contribution in [0.5, 0.6) is 0 Å². The molecule has 0 amide bonds. The molecule has 0 saturated carbocycles. The maximum atomic E-state index is 11.8. The Kier molecular flexibility index (Phi) is 3.47. The van der Waals surface area contributed by atoms with Crippen LogP contribution in [0.25, 0.3) is 11.3 Å². The normalized spacial score (nSPS) is 10.9. The van der Waals surface area contributed by atoms with Crippen molar-refractivity contribution in [1.29, 1.82) is 0 Å². The first-order valence-electron chi connectivity index (χ1n) is 6.02. The zero-order valence-electron chi connectivity index (χ0n) is 10.4. The smallest absolute Gasteiger partial charge is 0.189 e. The summed E-state index contributed by atoms with van der Waals surface area (Å²) in [6.07, 6.45) is 3.46. The van der Waals surface area contributed by atoms with Crippen molar-refractivity contribution in [2.45, 2.75) is 6.54 Å². The van der Waals surface area contributed by atoms with Crippen molar-refractivity contribution < 1.29 is 0 Å². The molecule has 1 heterocycles. The highest BCUT2D eigenvalue weighted by Gasteiger charge is 2.08. The average Bonchev–Trinajstić information content (AvgIpc) is 2.44. The molecule has 0 unspecified atom stereocenters. The predicted molar refractivity (Wildman–Crippen MR) is 80.7 cm³/mol. The zero-order chi connectivity index (χ0) is 14.1. The molecule has 1 aliphatic carbocycles. The van der Waals surface area contributed by atoms with Crippen molar-refractivity contribution in [3.63, 3.8) is 0 Å². The van der Waals surface area contributed by atoms with E-state index in [1.54, 1.807) is 30.7 Å². The van der Waals surface area contributed by atoms with Crippen LogP contribution in [0, 0.1) is 0 Å². The lowest BCUT2D eigenvalue weighted by atomic mass is 10.1. The Bertz CT molecular complexity index is 798. The van der Waals surface area contributed by atoms with E-state index in [1.807, 2.05) is 16.7 Å². The molecule has 1 aromatic carbocycles. The second-order valence-electron chi connectivity index (χ2n) is 4.47. The van der Waals surface area contributed by atoms with E-state index in [1.165, 1.54) is 6.07 Å². The fourth-order valence-corrected chi connectivity index (χ4v) is 2.43. The molecule has 0 radical (unpaired) electrons. The molecule has 1 aromatic rings. The van der Waals surface area contributed by atoms with Crippen LogP contribution in [0.1, 0.15) is 5.56 Å². The Balaban J connectivity index is 2.04. The second-order valence-corrected chi connectivity index (χ2v) is 5.31. The van der Waals surface area contributed by atoms with Crippen LogP contribution < -0.4 is 5.43 Å². The monoisotopic (exact) mass is 304 g/mol. The molecule has 1 aliphatic heterocycles. The van der Waals surface area contributed by atoms with Gasteiger partial charge < -0.3 is 4.57 Å². The molecule has 3 rings (SSSR count). The van der Waals surface area contributed by atoms with E-state index in [2.05, 4.69) is 4.98 Å². The van der Waals surface area contributed by atoms with Crippen LogP contribution in [-0.2, 0) is 6.54 Å². The van der Waals surface area contributed by atoms with Crippen molar-refractivity contribution in [2.24, 2.45) is 0 Å². The minimum absolute atomic E-state index is 0.0402. The number of hydrogen-bond acceptors (Lipinski definition) is 2. The number of aromatic nitrogens is 2. The molecule has 0 N–H and O–H groups in total. The summed E-state index contributed by atoms with van der Waals surface area (Å²) in [7, 11) is 0. The van der Waals surface area contributed by atoms with E-state index in [4.69, 9.17) is 23.2 Å². The molecule has 3 nitrogen and oxygen atoms in total. The van der Waals surface area contributed by atoms with E-state index >= 15 is 0 Å². The Labute approximate surface area is 125 Å². The molecule has 0 spiro atoms. The molecule has 5 heteroatoms. The van der Waals surface area contributed by atoms with Gasteiger partial charge in [-0.15, -0.1) is 0 Å². The summed E-state index contributed by atoms with van der Waals surface area (Å²) in [6, 6.07) is 10.4. The molecule has 0 bridgehead atoms. The van der Waals surface area contributed by atoms with Gasteiger partial charge >= 0.3 is 0 Å². The zero-order valence-corrected chi connectivity index (χ0v) is 11.9. The fraction of sp³-hybridized carbons (Fsp3) is 0.0667. The molecule has 0 aromatic heterocycles. The first-order valence-corrected chi connectivity index (χ1v) is 6.78. The summed E-state index contributed by atoms with van der Waals surface area (Å²) >= 11 is 12.1. The summed E-state index contributed by atoms with van der Waals surface area (Å²) in [5.74, 6) is 0. The Morgan fingerprint density at radius 2 is 2.00 bits per heavy atom. The molecule has 100 valence electrons. The highest BCUT2D eigenvalue weighted by Crippen LogP contribution is 2.22. The van der Waals surface area contributed by atoms with Crippen LogP contribution in [0.3, 0.4) is 0 Å². The first kappa shape index (κ1) is 13.2. The number of rotatable bonds is 2. The van der Waals surface area contributed by atoms with Gasteiger partial charge in [0.1, 0.15) is 0 Å². The van der Waals surface area contributed by atoms with Crippen LogP contribution >= 0.6 is 23.2 Å². The highest BCUT2D eigenvalue weighted by molar-refractivity contribution is 6.33. The molecule has 0 saturated heterocycles. The fourth-order valence-electron chi connectivity index (χ4n) is 2.06. The van der Waals surface area contributed by atoms with Gasteiger partial charge in [-0.2, -0.15) is 0 Å². The lowest BCUT2D eigenvalue weighted by Crippen LogP contribution is -2.10. The molecular weight excluding hydrogens is 295 g/mol. The first-order chi connectivity index (χ1) is 9.63. The minimum atomic E-state index is -0.0402. The van der Waals surface area contributed by atoms with Crippen molar-refractivity contribution >= 4 is 23.2 Å². The largest absolute Gasteiger partial charge is 0.334 e. The lowest BCUT2D eigenvalue weighted by Gasteiger charge is -2.11. The second kappa shape index (κ2) is 5.27. The van der Waals surface area contributed by atoms with Crippen LogP contribution in [-0.4, -0.2) is 9.55 Å². The van der Waals surface area contributed by atoms with E-state index in [0.717, 1.165) is 5.56 Å². The maximum absolute atomic E-state index is 11.8. The Morgan fingerprint density at radius 3 is 2.85 bits per heavy atom. The predicted octanol–water partition coefficient (Wildman–Crippen LogP) is 3.70. The standard InChI is InChI=1S/C15H10Cl2N2O/c16-11-4-5-13(17)10(6-11)7-19-8-12-14(18-9-19)2-1-3-15(12)20/h1-6,8-9H,7H2. The molecule has 20 heavy (non-hydrogen) atoms. The molecule has 2 aliphatic rings. The van der Waals surface area contributed by atoms with Gasteiger partial charge in [0.2, 0.25) is 0 Å². The third-order valence-electron chi connectivity index (χ3n) is 3.04. The molecule has 0 fully saturated rings. The van der Waals surface area contributed by atoms with Gasteiger partial charge in [0, 0.05) is 22.8 Å². The van der Waals surface area contributed by atoms with E-state index in [-0.39, 0.29) is 5.43 Å². The van der Waals surface area contributed by atoms with Crippen LogP contribution in [0.15, 0.2) is 53.7 Å². The Morgan fingerprint density at radius 1 is 1.15 bits per heavy atom. The number of hydrogen-bond donors (Lipinski definition) is 0. The topological polar surface area (TPSA) is 34.9 Å². The van der Waals surface area contributed by atoms with Gasteiger partial charge in [0.25, 0.3) is 0 Å². The maximum Gasteiger partial charge on any atom is 0.189 e. The highest BCUT2D eigenvalue weighted by atomic mass is 35.5. The molecular formula is C15H10Cl2N2O. The van der Waals surface area contributed by atoms with Gasteiger partial charge in [-0.1, -0.05) is 29.3 Å². The van der Waals surface area contributed by atoms with Gasteiger partial charge in [-0.25, -0.2) is 4.98 Å². The summed E-state index contributed by atoms with van der Waals surface area (Å²) in [5.41, 5.74) is 2.12. The molecule has 0 atom stereocenters.